The van der Waals surface area contributed by atoms with Gasteiger partial charge in [-0.3, -0.25) is 0 Å². The fraction of sp³-hybridized carbons (Fsp3) is 0.625. The van der Waals surface area contributed by atoms with Crippen LogP contribution in [-0.4, -0.2) is 4.70 Å². The maximum Gasteiger partial charge on any atom is 0.223 e. The van der Waals surface area contributed by atoms with Crippen molar-refractivity contribution in [1.82, 2.24) is 0 Å². The second-order valence-electron chi connectivity index (χ2n) is 15.6. The van der Waals surface area contributed by atoms with E-state index in [1.54, 1.807) is 0 Å². The molecular formula is C48H72N2. The third kappa shape index (κ3) is 14.0. The van der Waals surface area contributed by atoms with Crippen molar-refractivity contribution >= 4 is 11.4 Å². The van der Waals surface area contributed by atoms with E-state index in [2.05, 4.69) is 90.6 Å². The SMILES string of the molecule is CCCCCCCCCCCCCCCCCCCCCCCCC#CC1=C(c2cc(C)c(C)c(C)c2)[N+](=[N-])C(c2cc(C)c(C)c(C)c2)=C1. The van der Waals surface area contributed by atoms with E-state index >= 15 is 0 Å². The van der Waals surface area contributed by atoms with Crippen LogP contribution in [0.2, 0.25) is 0 Å². The van der Waals surface area contributed by atoms with E-state index in [4.69, 9.17) is 0 Å². The summed E-state index contributed by atoms with van der Waals surface area (Å²) in [5, 5.41) is 0. The molecule has 0 radical (unpaired) electrons. The average Bonchev–Trinajstić information content (AvgIpc) is 3.42. The predicted molar refractivity (Wildman–Crippen MR) is 219 cm³/mol. The molecule has 0 aromatic heterocycles. The molecule has 1 heterocycles. The smallest absolute Gasteiger partial charge is 0.223 e. The quantitative estimate of drug-likeness (QED) is 0.0601. The van der Waals surface area contributed by atoms with Crippen LogP contribution in [0, 0.1) is 53.4 Å². The molecule has 1 aliphatic rings. The molecule has 50 heavy (non-hydrogen) atoms. The van der Waals surface area contributed by atoms with Crippen molar-refractivity contribution in [2.24, 2.45) is 0 Å². The highest BCUT2D eigenvalue weighted by atomic mass is 15.2. The number of hydrogen-bond acceptors (Lipinski definition) is 0. The molecule has 3 rings (SSSR count). The molecule has 274 valence electrons. The lowest BCUT2D eigenvalue weighted by Gasteiger charge is -2.13. The second kappa shape index (κ2) is 23.5. The minimum atomic E-state index is 0.795. The fourth-order valence-electron chi connectivity index (χ4n) is 7.42. The molecule has 0 fully saturated rings. The molecule has 0 unspecified atom stereocenters. The molecule has 0 spiro atoms. The first kappa shape index (κ1) is 41.5. The van der Waals surface area contributed by atoms with Crippen LogP contribution in [-0.2, 0) is 0 Å². The fourth-order valence-corrected chi connectivity index (χ4v) is 7.42. The Labute approximate surface area is 309 Å². The molecule has 2 aromatic rings. The topological polar surface area (TPSA) is 25.3 Å². The number of aryl methyl sites for hydroxylation is 4. The van der Waals surface area contributed by atoms with Crippen LogP contribution < -0.4 is 0 Å². The van der Waals surface area contributed by atoms with Gasteiger partial charge in [0.15, 0.2) is 0 Å². The van der Waals surface area contributed by atoms with Gasteiger partial charge >= 0.3 is 0 Å². The van der Waals surface area contributed by atoms with Gasteiger partial charge in [0.1, 0.15) is 5.57 Å². The Bertz CT molecular complexity index is 1430. The van der Waals surface area contributed by atoms with Crippen LogP contribution in [0.15, 0.2) is 35.9 Å². The molecule has 0 saturated carbocycles. The molecule has 2 heteroatoms. The van der Waals surface area contributed by atoms with Crippen LogP contribution >= 0.6 is 0 Å². The van der Waals surface area contributed by atoms with Gasteiger partial charge in [0.25, 0.3) is 0 Å². The van der Waals surface area contributed by atoms with Crippen LogP contribution in [0.3, 0.4) is 0 Å². The Hall–Kier alpha value is -2.92. The highest BCUT2D eigenvalue weighted by Gasteiger charge is 2.29. The first-order chi connectivity index (χ1) is 24.2. The lowest BCUT2D eigenvalue weighted by Crippen LogP contribution is -2.04. The maximum atomic E-state index is 11.6. The van der Waals surface area contributed by atoms with Gasteiger partial charge in [-0.2, -0.15) is 0 Å². The third-order valence-corrected chi connectivity index (χ3v) is 11.3. The summed E-state index contributed by atoms with van der Waals surface area (Å²) in [7, 11) is 0. The number of allylic oxidation sites excluding steroid dienone is 2. The largest absolute Gasteiger partial charge is 0.493 e. The van der Waals surface area contributed by atoms with E-state index in [9.17, 15) is 5.53 Å². The molecular weight excluding hydrogens is 605 g/mol. The summed E-state index contributed by atoms with van der Waals surface area (Å²) in [6.07, 6.45) is 33.9. The Morgan fingerprint density at radius 2 is 0.820 bits per heavy atom. The van der Waals surface area contributed by atoms with E-state index < -0.39 is 0 Å². The van der Waals surface area contributed by atoms with Gasteiger partial charge in [-0.15, -0.1) is 0 Å². The summed E-state index contributed by atoms with van der Waals surface area (Å²) in [4.78, 5) is 0. The van der Waals surface area contributed by atoms with Crippen LogP contribution in [0.5, 0.6) is 0 Å². The first-order valence-electron chi connectivity index (χ1n) is 20.8. The van der Waals surface area contributed by atoms with Gasteiger partial charge in [-0.05, 0) is 106 Å². The maximum absolute atomic E-state index is 11.6. The molecule has 0 atom stereocenters. The molecule has 0 aliphatic carbocycles. The van der Waals surface area contributed by atoms with E-state index in [1.165, 1.54) is 173 Å². The Morgan fingerprint density at radius 3 is 1.20 bits per heavy atom. The van der Waals surface area contributed by atoms with Crippen molar-refractivity contribution in [2.45, 2.75) is 196 Å². The summed E-state index contributed by atoms with van der Waals surface area (Å²) in [6.45, 7) is 15.2. The number of hydrogen-bond donors (Lipinski definition) is 0. The zero-order chi connectivity index (χ0) is 36.1. The normalized spacial score (nSPS) is 12.9. The van der Waals surface area contributed by atoms with Crippen molar-refractivity contribution in [3.8, 4) is 11.8 Å². The molecule has 0 amide bonds. The standard InChI is InChI=1S/C48H72N2/c1-8-9-10-11-12-13-14-15-16-17-18-19-20-21-22-23-24-25-26-27-28-29-30-31-32-44-37-47(45-33-38(2)42(6)39(3)34-45)50(49)48(44)46-35-40(4)43(7)41(5)36-46/h33-37H,8-30H2,1-7H3. The molecule has 0 bridgehead atoms. The molecule has 0 N–H and O–H groups in total. The van der Waals surface area contributed by atoms with Crippen LogP contribution in [0.4, 0.5) is 0 Å². The molecule has 1 aliphatic heterocycles. The molecule has 2 aromatic carbocycles. The Morgan fingerprint density at radius 1 is 0.480 bits per heavy atom. The summed E-state index contributed by atoms with van der Waals surface area (Å²) in [5.74, 6) is 6.93. The number of unbranched alkanes of at least 4 members (excludes halogenated alkanes) is 22. The zero-order valence-corrected chi connectivity index (χ0v) is 33.5. The van der Waals surface area contributed by atoms with Crippen LogP contribution in [0.25, 0.3) is 16.9 Å². The van der Waals surface area contributed by atoms with Crippen molar-refractivity contribution in [1.29, 1.82) is 0 Å². The van der Waals surface area contributed by atoms with Gasteiger partial charge in [0.05, 0.1) is 0 Å². The number of nitrogens with zero attached hydrogens (tertiary/aromatic N) is 2. The zero-order valence-electron chi connectivity index (χ0n) is 33.5. The van der Waals surface area contributed by atoms with Crippen molar-refractivity contribution < 1.29 is 4.70 Å². The van der Waals surface area contributed by atoms with E-state index in [-0.39, 0.29) is 0 Å². The average molecular weight is 677 g/mol. The minimum absolute atomic E-state index is 0.795. The lowest BCUT2D eigenvalue weighted by molar-refractivity contribution is -0.344. The van der Waals surface area contributed by atoms with Gasteiger partial charge < -0.3 is 5.53 Å². The molecule has 0 saturated heterocycles. The highest BCUT2D eigenvalue weighted by Crippen LogP contribution is 2.37. The third-order valence-electron chi connectivity index (χ3n) is 11.3. The van der Waals surface area contributed by atoms with E-state index in [0.29, 0.717) is 0 Å². The predicted octanol–water partition coefficient (Wildman–Crippen LogP) is 15.3. The first-order valence-corrected chi connectivity index (χ1v) is 20.8. The summed E-state index contributed by atoms with van der Waals surface area (Å²) >= 11 is 0. The number of benzene rings is 2. The van der Waals surface area contributed by atoms with Gasteiger partial charge in [0, 0.05) is 23.6 Å². The van der Waals surface area contributed by atoms with Crippen LogP contribution in [0.1, 0.15) is 199 Å². The second-order valence-corrected chi connectivity index (χ2v) is 15.6. The number of rotatable bonds is 24. The van der Waals surface area contributed by atoms with E-state index in [0.717, 1.165) is 40.9 Å². The summed E-state index contributed by atoms with van der Waals surface area (Å²) < 4.78 is 1.37. The lowest BCUT2D eigenvalue weighted by atomic mass is 9.97. The molecule has 2 nitrogen and oxygen atoms in total. The van der Waals surface area contributed by atoms with Gasteiger partial charge in [-0.1, -0.05) is 154 Å². The van der Waals surface area contributed by atoms with Gasteiger partial charge in [0.2, 0.25) is 11.4 Å². The van der Waals surface area contributed by atoms with Crippen molar-refractivity contribution in [3.05, 3.63) is 86.0 Å². The Kier molecular flexibility index (Phi) is 19.5. The minimum Gasteiger partial charge on any atom is -0.493 e. The van der Waals surface area contributed by atoms with Crippen molar-refractivity contribution in [3.63, 3.8) is 0 Å². The summed E-state index contributed by atoms with van der Waals surface area (Å²) in [5.41, 5.74) is 23.7. The summed E-state index contributed by atoms with van der Waals surface area (Å²) in [6, 6.07) is 8.73. The Balaban J connectivity index is 1.32. The highest BCUT2D eigenvalue weighted by molar-refractivity contribution is 5.82. The van der Waals surface area contributed by atoms with E-state index in [1.807, 2.05) is 0 Å². The monoisotopic (exact) mass is 677 g/mol. The van der Waals surface area contributed by atoms with Crippen molar-refractivity contribution in [2.75, 3.05) is 0 Å². The van der Waals surface area contributed by atoms with Gasteiger partial charge in [-0.25, -0.2) is 4.70 Å².